The fraction of sp³-hybridized carbons (Fsp3) is 0.188. The summed E-state index contributed by atoms with van der Waals surface area (Å²) in [6.45, 7) is 1.93. The highest BCUT2D eigenvalue weighted by atomic mass is 35.5. The van der Waals surface area contributed by atoms with E-state index in [1.807, 2.05) is 19.1 Å². The Morgan fingerprint density at radius 2 is 2.10 bits per heavy atom. The molecule has 0 aliphatic rings. The van der Waals surface area contributed by atoms with Crippen molar-refractivity contribution in [1.82, 2.24) is 0 Å². The Morgan fingerprint density at radius 1 is 1.33 bits per heavy atom. The smallest absolute Gasteiger partial charge is 0.138 e. The standard InChI is InChI=1S/C16H14ClFN2O/c1-10(20)11-3-5-16(15(17)7-11)21-9-13-6-14(18)4-2-12(13)8-19/h2-7,10H,9,20H2,1H3. The van der Waals surface area contributed by atoms with E-state index in [2.05, 4.69) is 0 Å². The zero-order valence-corrected chi connectivity index (χ0v) is 12.2. The van der Waals surface area contributed by atoms with Crippen molar-refractivity contribution >= 4 is 11.6 Å². The molecule has 2 aromatic carbocycles. The van der Waals surface area contributed by atoms with Crippen molar-refractivity contribution in [2.75, 3.05) is 0 Å². The topological polar surface area (TPSA) is 59.0 Å². The first-order valence-corrected chi connectivity index (χ1v) is 6.75. The van der Waals surface area contributed by atoms with E-state index in [0.29, 0.717) is 21.9 Å². The summed E-state index contributed by atoms with van der Waals surface area (Å²) in [6, 6.07) is 11.1. The van der Waals surface area contributed by atoms with Gasteiger partial charge in [0.2, 0.25) is 0 Å². The maximum Gasteiger partial charge on any atom is 0.138 e. The van der Waals surface area contributed by atoms with Gasteiger partial charge in [0.05, 0.1) is 16.7 Å². The third kappa shape index (κ3) is 3.72. The lowest BCUT2D eigenvalue weighted by molar-refractivity contribution is 0.305. The number of halogens is 2. The van der Waals surface area contributed by atoms with Crippen LogP contribution in [0.25, 0.3) is 0 Å². The maximum absolute atomic E-state index is 13.2. The van der Waals surface area contributed by atoms with E-state index >= 15 is 0 Å². The summed E-state index contributed by atoms with van der Waals surface area (Å²) in [5, 5.41) is 9.42. The third-order valence-electron chi connectivity index (χ3n) is 3.05. The van der Waals surface area contributed by atoms with Crippen LogP contribution in [-0.4, -0.2) is 0 Å². The third-order valence-corrected chi connectivity index (χ3v) is 3.35. The van der Waals surface area contributed by atoms with Crippen LogP contribution in [0.2, 0.25) is 5.02 Å². The number of hydrogen-bond donors (Lipinski definition) is 1. The Kier molecular flexibility index (Phi) is 4.79. The molecule has 0 amide bonds. The minimum atomic E-state index is -0.411. The average molecular weight is 305 g/mol. The lowest BCUT2D eigenvalue weighted by atomic mass is 10.1. The molecule has 2 rings (SSSR count). The van der Waals surface area contributed by atoms with E-state index in [-0.39, 0.29) is 12.6 Å². The molecule has 0 saturated carbocycles. The number of nitriles is 1. The molecular weight excluding hydrogens is 291 g/mol. The second-order valence-corrected chi connectivity index (χ2v) is 5.09. The zero-order chi connectivity index (χ0) is 15.4. The molecule has 2 N–H and O–H groups in total. The van der Waals surface area contributed by atoms with Gasteiger partial charge < -0.3 is 10.5 Å². The van der Waals surface area contributed by atoms with Gasteiger partial charge in [0.25, 0.3) is 0 Å². The molecule has 2 aromatic rings. The van der Waals surface area contributed by atoms with Gasteiger partial charge in [0.15, 0.2) is 0 Å². The SMILES string of the molecule is CC(N)c1ccc(OCc2cc(F)ccc2C#N)c(Cl)c1. The van der Waals surface area contributed by atoms with E-state index in [9.17, 15) is 4.39 Å². The Balaban J connectivity index is 2.17. The second kappa shape index (κ2) is 6.57. The molecule has 1 atom stereocenters. The van der Waals surface area contributed by atoms with E-state index in [0.717, 1.165) is 5.56 Å². The Hall–Kier alpha value is -2.09. The van der Waals surface area contributed by atoms with E-state index in [1.54, 1.807) is 12.1 Å². The summed E-state index contributed by atoms with van der Waals surface area (Å²) in [5.74, 6) is 0.0558. The number of rotatable bonds is 4. The summed E-state index contributed by atoms with van der Waals surface area (Å²) < 4.78 is 18.8. The van der Waals surface area contributed by atoms with Gasteiger partial charge in [0, 0.05) is 11.6 Å². The summed E-state index contributed by atoms with van der Waals surface area (Å²) in [7, 11) is 0. The van der Waals surface area contributed by atoms with Crippen LogP contribution in [-0.2, 0) is 6.61 Å². The fourth-order valence-electron chi connectivity index (χ4n) is 1.86. The summed E-state index contributed by atoms with van der Waals surface area (Å²) in [6.07, 6.45) is 0. The average Bonchev–Trinajstić information content (AvgIpc) is 2.46. The Bertz CT molecular complexity index is 695. The van der Waals surface area contributed by atoms with E-state index in [4.69, 9.17) is 27.3 Å². The Labute approximate surface area is 127 Å². The van der Waals surface area contributed by atoms with Gasteiger partial charge in [-0.3, -0.25) is 0 Å². The van der Waals surface area contributed by atoms with E-state index < -0.39 is 5.82 Å². The highest BCUT2D eigenvalue weighted by Gasteiger charge is 2.09. The number of nitrogens with two attached hydrogens (primary N) is 1. The van der Waals surface area contributed by atoms with Crippen LogP contribution in [0.4, 0.5) is 4.39 Å². The molecule has 21 heavy (non-hydrogen) atoms. The molecule has 0 aromatic heterocycles. The molecule has 0 aliphatic heterocycles. The van der Waals surface area contributed by atoms with Gasteiger partial charge in [-0.05, 0) is 42.8 Å². The molecule has 5 heteroatoms. The van der Waals surface area contributed by atoms with Crippen molar-refractivity contribution < 1.29 is 9.13 Å². The number of nitrogens with zero attached hydrogens (tertiary/aromatic N) is 1. The Morgan fingerprint density at radius 3 is 2.71 bits per heavy atom. The first-order chi connectivity index (χ1) is 10.0. The van der Waals surface area contributed by atoms with Gasteiger partial charge >= 0.3 is 0 Å². The molecule has 0 bridgehead atoms. The predicted molar refractivity (Wildman–Crippen MR) is 79.5 cm³/mol. The highest BCUT2D eigenvalue weighted by Crippen LogP contribution is 2.28. The molecule has 3 nitrogen and oxygen atoms in total. The molecule has 0 aliphatic carbocycles. The van der Waals surface area contributed by atoms with Crippen LogP contribution < -0.4 is 10.5 Å². The quantitative estimate of drug-likeness (QED) is 0.930. The van der Waals surface area contributed by atoms with Crippen LogP contribution in [0.3, 0.4) is 0 Å². The van der Waals surface area contributed by atoms with Gasteiger partial charge in [-0.1, -0.05) is 17.7 Å². The first-order valence-electron chi connectivity index (χ1n) is 6.37. The van der Waals surface area contributed by atoms with Crippen molar-refractivity contribution in [3.63, 3.8) is 0 Å². The van der Waals surface area contributed by atoms with Crippen LogP contribution in [0.15, 0.2) is 36.4 Å². The largest absolute Gasteiger partial charge is 0.487 e. The van der Waals surface area contributed by atoms with Gasteiger partial charge in [-0.25, -0.2) is 4.39 Å². The minimum Gasteiger partial charge on any atom is -0.487 e. The van der Waals surface area contributed by atoms with Crippen molar-refractivity contribution in [2.24, 2.45) is 5.73 Å². The number of benzene rings is 2. The van der Waals surface area contributed by atoms with Crippen molar-refractivity contribution in [3.05, 3.63) is 63.9 Å². The predicted octanol–water partition coefficient (Wildman–Crippen LogP) is 3.95. The summed E-state index contributed by atoms with van der Waals surface area (Å²) >= 11 is 6.12. The van der Waals surface area contributed by atoms with Crippen LogP contribution >= 0.6 is 11.6 Å². The van der Waals surface area contributed by atoms with Crippen molar-refractivity contribution in [1.29, 1.82) is 5.26 Å². The number of ether oxygens (including phenoxy) is 1. The summed E-state index contributed by atoms with van der Waals surface area (Å²) in [4.78, 5) is 0. The lowest BCUT2D eigenvalue weighted by Gasteiger charge is -2.12. The van der Waals surface area contributed by atoms with Crippen LogP contribution in [0.5, 0.6) is 5.75 Å². The molecular formula is C16H14ClFN2O. The highest BCUT2D eigenvalue weighted by molar-refractivity contribution is 6.32. The van der Waals surface area contributed by atoms with Gasteiger partial charge in [-0.2, -0.15) is 5.26 Å². The van der Waals surface area contributed by atoms with Crippen LogP contribution in [0, 0.1) is 17.1 Å². The maximum atomic E-state index is 13.2. The van der Waals surface area contributed by atoms with Crippen molar-refractivity contribution in [3.8, 4) is 11.8 Å². The lowest BCUT2D eigenvalue weighted by Crippen LogP contribution is -2.05. The molecule has 0 radical (unpaired) electrons. The molecule has 0 saturated heterocycles. The molecule has 0 fully saturated rings. The molecule has 0 spiro atoms. The second-order valence-electron chi connectivity index (χ2n) is 4.68. The molecule has 1 unspecified atom stereocenters. The molecule has 0 heterocycles. The van der Waals surface area contributed by atoms with E-state index in [1.165, 1.54) is 18.2 Å². The molecule has 108 valence electrons. The fourth-order valence-corrected chi connectivity index (χ4v) is 2.11. The van der Waals surface area contributed by atoms with Crippen LogP contribution in [0.1, 0.15) is 29.7 Å². The summed E-state index contributed by atoms with van der Waals surface area (Å²) in [5.41, 5.74) is 7.53. The zero-order valence-electron chi connectivity index (χ0n) is 11.4. The monoisotopic (exact) mass is 304 g/mol. The minimum absolute atomic E-state index is 0.0674. The normalized spacial score (nSPS) is 11.8. The first kappa shape index (κ1) is 15.3. The van der Waals surface area contributed by atoms with Gasteiger partial charge in [0.1, 0.15) is 18.2 Å². The number of hydrogen-bond acceptors (Lipinski definition) is 3. The van der Waals surface area contributed by atoms with Crippen molar-refractivity contribution in [2.45, 2.75) is 19.6 Å². The van der Waals surface area contributed by atoms with Gasteiger partial charge in [-0.15, -0.1) is 0 Å².